The van der Waals surface area contributed by atoms with Crippen LogP contribution in [0.25, 0.3) is 0 Å². The molecule has 23 heavy (non-hydrogen) atoms. The molecule has 0 aromatic heterocycles. The molecular formula is C16H30N3O4+. The normalized spacial score (nSPS) is 25.8. The van der Waals surface area contributed by atoms with Gasteiger partial charge in [-0.05, 0) is 19.3 Å². The molecule has 7 heteroatoms. The topological polar surface area (TPSA) is 96.6 Å². The quantitative estimate of drug-likeness (QED) is 0.264. The molecule has 1 aliphatic heterocycles. The van der Waals surface area contributed by atoms with Gasteiger partial charge in [0.25, 0.3) is 5.91 Å². The van der Waals surface area contributed by atoms with Crippen molar-refractivity contribution in [3.8, 4) is 0 Å². The number of carbonyl (C=O) groups is 2. The number of nitrogens with one attached hydrogen (secondary N) is 2. The number of hydrogen-bond acceptors (Lipinski definition) is 5. The number of epoxide rings is 1. The Balaban J connectivity index is 1.76. The van der Waals surface area contributed by atoms with E-state index in [1.807, 2.05) is 0 Å². The fraction of sp³-hybridized carbons (Fsp3) is 0.875. The van der Waals surface area contributed by atoms with Gasteiger partial charge in [0, 0.05) is 26.0 Å². The van der Waals surface area contributed by atoms with E-state index in [-0.39, 0.29) is 24.9 Å². The first kappa shape index (κ1) is 18.3. The van der Waals surface area contributed by atoms with Crippen LogP contribution in [0, 0.1) is 0 Å². The molecule has 4 N–H and O–H groups in total. The van der Waals surface area contributed by atoms with Gasteiger partial charge in [0.15, 0.2) is 11.8 Å². The first-order chi connectivity index (χ1) is 11.2. The number of nitrogens with two attached hydrogens (primary N) is 1. The highest BCUT2D eigenvalue weighted by Crippen LogP contribution is 2.26. The Morgan fingerprint density at radius 3 is 2.83 bits per heavy atom. The lowest BCUT2D eigenvalue weighted by atomic mass is 9.80. The number of rotatable bonds is 11. The van der Waals surface area contributed by atoms with Gasteiger partial charge in [-0.25, -0.2) is 0 Å². The summed E-state index contributed by atoms with van der Waals surface area (Å²) in [4.78, 5) is 23.0. The van der Waals surface area contributed by atoms with Crippen LogP contribution < -0.4 is 16.0 Å². The highest BCUT2D eigenvalue weighted by atomic mass is 16.6. The van der Waals surface area contributed by atoms with E-state index in [0.29, 0.717) is 6.61 Å². The Labute approximate surface area is 137 Å². The van der Waals surface area contributed by atoms with Crippen molar-refractivity contribution in [1.29, 1.82) is 0 Å². The predicted molar refractivity (Wildman–Crippen MR) is 84.6 cm³/mol. The largest absolute Gasteiger partial charge is 0.380 e. The van der Waals surface area contributed by atoms with Crippen LogP contribution in [0.1, 0.15) is 45.4 Å². The number of aldehydes is 1. The Morgan fingerprint density at radius 1 is 1.35 bits per heavy atom. The van der Waals surface area contributed by atoms with Crippen molar-refractivity contribution < 1.29 is 24.4 Å². The zero-order valence-electron chi connectivity index (χ0n) is 14.0. The minimum Gasteiger partial charge on any atom is -0.380 e. The van der Waals surface area contributed by atoms with E-state index in [1.54, 1.807) is 0 Å². The zero-order chi connectivity index (χ0) is 16.5. The summed E-state index contributed by atoms with van der Waals surface area (Å²) in [6, 6.07) is 0. The highest BCUT2D eigenvalue weighted by molar-refractivity contribution is 5.86. The number of amides is 1. The summed E-state index contributed by atoms with van der Waals surface area (Å²) in [7, 11) is 0. The molecule has 132 valence electrons. The van der Waals surface area contributed by atoms with Crippen molar-refractivity contribution in [3.63, 3.8) is 0 Å². The van der Waals surface area contributed by atoms with Gasteiger partial charge in [0.1, 0.15) is 6.29 Å². The Kier molecular flexibility index (Phi) is 7.42. The maximum Gasteiger partial charge on any atom is 0.281 e. The van der Waals surface area contributed by atoms with E-state index in [9.17, 15) is 9.59 Å². The lowest BCUT2D eigenvalue weighted by molar-refractivity contribution is -0.741. The van der Waals surface area contributed by atoms with E-state index >= 15 is 0 Å². The summed E-state index contributed by atoms with van der Waals surface area (Å²) in [5.74, 6) is -0.0372. The molecule has 2 atom stereocenters. The highest BCUT2D eigenvalue weighted by Gasteiger charge is 2.52. The van der Waals surface area contributed by atoms with Crippen LogP contribution in [0.15, 0.2) is 0 Å². The van der Waals surface area contributed by atoms with Crippen molar-refractivity contribution in [2.24, 2.45) is 0 Å². The molecular weight excluding hydrogens is 298 g/mol. The monoisotopic (exact) mass is 328 g/mol. The summed E-state index contributed by atoms with van der Waals surface area (Å²) in [6.07, 6.45) is 6.63. The Hall–Kier alpha value is -1.02. The van der Waals surface area contributed by atoms with Gasteiger partial charge >= 0.3 is 0 Å². The number of quaternary nitrogens is 1. The van der Waals surface area contributed by atoms with Crippen LogP contribution in [0.5, 0.6) is 0 Å². The maximum atomic E-state index is 12.5. The first-order valence-electron chi connectivity index (χ1n) is 8.76. The number of carbonyl (C=O) groups excluding carboxylic acids is 2. The molecule has 0 bridgehead atoms. The lowest BCUT2D eigenvalue weighted by Crippen LogP contribution is -3.02. The van der Waals surface area contributed by atoms with E-state index < -0.39 is 5.54 Å². The maximum absolute atomic E-state index is 12.5. The third-order valence-corrected chi connectivity index (χ3v) is 4.49. The number of hydrogen-bond donors (Lipinski definition) is 3. The smallest absolute Gasteiger partial charge is 0.281 e. The van der Waals surface area contributed by atoms with E-state index in [1.165, 1.54) is 6.42 Å². The average molecular weight is 328 g/mol. The number of ether oxygens (including phenoxy) is 2. The molecule has 0 radical (unpaired) electrons. The van der Waals surface area contributed by atoms with Crippen LogP contribution in [0.4, 0.5) is 0 Å². The molecule has 1 amide bonds. The van der Waals surface area contributed by atoms with Gasteiger partial charge in [-0.2, -0.15) is 0 Å². The molecule has 2 aliphatic rings. The molecule has 0 aromatic rings. The van der Waals surface area contributed by atoms with Gasteiger partial charge in [-0.3, -0.25) is 14.8 Å². The van der Waals surface area contributed by atoms with Gasteiger partial charge in [-0.15, -0.1) is 0 Å². The minimum absolute atomic E-state index is 0.0158. The molecule has 1 heterocycles. The Bertz CT molecular complexity index is 386. The second-order valence-electron chi connectivity index (χ2n) is 6.35. The summed E-state index contributed by atoms with van der Waals surface area (Å²) in [5.41, 5.74) is -0.485. The Morgan fingerprint density at radius 2 is 2.13 bits per heavy atom. The first-order valence-corrected chi connectivity index (χ1v) is 8.76. The molecule has 0 spiro atoms. The molecule has 1 aliphatic carbocycles. The molecule has 7 nitrogen and oxygen atoms in total. The van der Waals surface area contributed by atoms with E-state index in [2.05, 4.69) is 22.9 Å². The fourth-order valence-electron chi connectivity index (χ4n) is 3.21. The third kappa shape index (κ3) is 5.53. The predicted octanol–water partition coefficient (Wildman–Crippen LogP) is -0.734. The summed E-state index contributed by atoms with van der Waals surface area (Å²) in [6.45, 7) is 4.37. The average Bonchev–Trinajstić information content (AvgIpc) is 3.30. The SMILES string of the molecule is CCCOCCNC1OC1[NH2+]C1(C(=O)NCC=O)CCCCC1. The minimum atomic E-state index is -0.485. The fourth-order valence-corrected chi connectivity index (χ4v) is 3.21. The van der Waals surface area contributed by atoms with Crippen molar-refractivity contribution in [2.45, 2.75) is 63.4 Å². The van der Waals surface area contributed by atoms with Gasteiger partial charge in [0.2, 0.25) is 6.23 Å². The van der Waals surface area contributed by atoms with Crippen molar-refractivity contribution in [1.82, 2.24) is 10.6 Å². The van der Waals surface area contributed by atoms with Gasteiger partial charge in [-0.1, -0.05) is 13.3 Å². The standard InChI is InChI=1S/C16H29N3O4/c1-2-11-22-12-9-17-13-14(23-13)19-16(6-4-3-5-7-16)15(21)18-8-10-20/h10,13-14,17,19H,2-9,11-12H2,1H3,(H,18,21)/p+1. The molecule has 1 saturated heterocycles. The zero-order valence-corrected chi connectivity index (χ0v) is 14.0. The second kappa shape index (κ2) is 9.32. The van der Waals surface area contributed by atoms with Crippen LogP contribution in [0.2, 0.25) is 0 Å². The van der Waals surface area contributed by atoms with Crippen molar-refractivity contribution in [3.05, 3.63) is 0 Å². The van der Waals surface area contributed by atoms with Crippen molar-refractivity contribution >= 4 is 12.2 Å². The molecule has 2 fully saturated rings. The molecule has 1 saturated carbocycles. The molecule has 2 rings (SSSR count). The van der Waals surface area contributed by atoms with Gasteiger partial charge in [0.05, 0.1) is 13.2 Å². The van der Waals surface area contributed by atoms with Crippen LogP contribution in [-0.4, -0.2) is 56.5 Å². The van der Waals surface area contributed by atoms with E-state index in [0.717, 1.165) is 51.5 Å². The summed E-state index contributed by atoms with van der Waals surface area (Å²) in [5, 5.41) is 8.06. The summed E-state index contributed by atoms with van der Waals surface area (Å²) >= 11 is 0. The summed E-state index contributed by atoms with van der Waals surface area (Å²) < 4.78 is 11.1. The van der Waals surface area contributed by atoms with Crippen LogP contribution in [0.3, 0.4) is 0 Å². The van der Waals surface area contributed by atoms with Gasteiger partial charge < -0.3 is 20.2 Å². The lowest BCUT2D eigenvalue weighted by Gasteiger charge is -2.32. The second-order valence-corrected chi connectivity index (χ2v) is 6.35. The van der Waals surface area contributed by atoms with Crippen LogP contribution in [-0.2, 0) is 19.1 Å². The molecule has 0 aromatic carbocycles. The van der Waals surface area contributed by atoms with Crippen LogP contribution >= 0.6 is 0 Å². The molecule has 2 unspecified atom stereocenters. The van der Waals surface area contributed by atoms with Crippen molar-refractivity contribution in [2.75, 3.05) is 26.3 Å². The van der Waals surface area contributed by atoms with E-state index in [4.69, 9.17) is 9.47 Å². The third-order valence-electron chi connectivity index (χ3n) is 4.49.